The molecule has 3 nitrogen and oxygen atoms in total. The average Bonchev–Trinajstić information content (AvgIpc) is 2.57. The van der Waals surface area contributed by atoms with Gasteiger partial charge in [-0.2, -0.15) is 0 Å². The van der Waals surface area contributed by atoms with Crippen molar-refractivity contribution in [3.63, 3.8) is 0 Å². The summed E-state index contributed by atoms with van der Waals surface area (Å²) in [5.41, 5.74) is 1.82. The molecular weight excluding hydrogens is 224 g/mol. The molecule has 2 aromatic heterocycles. The second-order valence-corrected chi connectivity index (χ2v) is 4.43. The smallest absolute Gasteiger partial charge is 0.155 e. The lowest BCUT2D eigenvalue weighted by molar-refractivity contribution is -0.107. The molecule has 0 bridgehead atoms. The van der Waals surface area contributed by atoms with Crippen LogP contribution in [-0.4, -0.2) is 15.7 Å². The first-order valence-corrected chi connectivity index (χ1v) is 5.61. The van der Waals surface area contributed by atoms with Crippen molar-refractivity contribution in [2.75, 3.05) is 0 Å². The Kier molecular flexibility index (Phi) is 2.97. The fourth-order valence-electron chi connectivity index (χ4n) is 1.74. The van der Waals surface area contributed by atoms with E-state index in [9.17, 15) is 4.79 Å². The molecule has 16 heavy (non-hydrogen) atoms. The zero-order chi connectivity index (χ0) is 11.7. The molecule has 0 radical (unpaired) electrons. The van der Waals surface area contributed by atoms with E-state index in [2.05, 4.69) is 18.8 Å². The third kappa shape index (κ3) is 1.83. The Balaban J connectivity index is 2.61. The quantitative estimate of drug-likeness (QED) is 0.768. The monoisotopic (exact) mass is 236 g/mol. The highest BCUT2D eigenvalue weighted by molar-refractivity contribution is 6.32. The molecule has 0 atom stereocenters. The van der Waals surface area contributed by atoms with Crippen LogP contribution in [0.25, 0.3) is 5.52 Å². The van der Waals surface area contributed by atoms with E-state index < -0.39 is 0 Å². The number of carbonyl (C=O) groups is 1. The fraction of sp³-hybridized carbons (Fsp3) is 0.333. The van der Waals surface area contributed by atoms with Gasteiger partial charge in [0.15, 0.2) is 5.15 Å². The maximum Gasteiger partial charge on any atom is 0.155 e. The number of nitrogens with zero attached hydrogens (tertiary/aromatic N) is 2. The van der Waals surface area contributed by atoms with E-state index in [1.165, 1.54) is 0 Å². The van der Waals surface area contributed by atoms with Crippen LogP contribution in [0.4, 0.5) is 0 Å². The van der Waals surface area contributed by atoms with Crippen molar-refractivity contribution in [2.45, 2.75) is 26.2 Å². The van der Waals surface area contributed by atoms with Gasteiger partial charge >= 0.3 is 0 Å². The van der Waals surface area contributed by atoms with Crippen LogP contribution in [0.1, 0.15) is 31.2 Å². The molecule has 2 aromatic rings. The fourth-order valence-corrected chi connectivity index (χ4v) is 1.98. The molecule has 0 saturated heterocycles. The Morgan fingerprint density at radius 3 is 2.94 bits per heavy atom. The van der Waals surface area contributed by atoms with Gasteiger partial charge in [0.2, 0.25) is 0 Å². The summed E-state index contributed by atoms with van der Waals surface area (Å²) in [7, 11) is 0. The van der Waals surface area contributed by atoms with Crippen molar-refractivity contribution in [3.8, 4) is 0 Å². The molecule has 0 unspecified atom stereocenters. The van der Waals surface area contributed by atoms with Crippen LogP contribution in [0.15, 0.2) is 18.3 Å². The van der Waals surface area contributed by atoms with Crippen molar-refractivity contribution in [1.29, 1.82) is 0 Å². The van der Waals surface area contributed by atoms with Crippen molar-refractivity contribution >= 4 is 23.4 Å². The van der Waals surface area contributed by atoms with Gasteiger partial charge in [0, 0.05) is 18.5 Å². The van der Waals surface area contributed by atoms with Gasteiger partial charge in [0.25, 0.3) is 0 Å². The van der Waals surface area contributed by atoms with Crippen molar-refractivity contribution in [1.82, 2.24) is 9.38 Å². The Morgan fingerprint density at radius 2 is 2.31 bits per heavy atom. The lowest BCUT2D eigenvalue weighted by atomic mass is 10.2. The van der Waals surface area contributed by atoms with Crippen LogP contribution in [-0.2, 0) is 11.2 Å². The van der Waals surface area contributed by atoms with E-state index in [-0.39, 0.29) is 0 Å². The molecule has 0 N–H and O–H groups in total. The normalized spacial score (nSPS) is 11.2. The first-order valence-electron chi connectivity index (χ1n) is 5.23. The largest absolute Gasteiger partial charge is 0.303 e. The van der Waals surface area contributed by atoms with Gasteiger partial charge in [-0.25, -0.2) is 4.98 Å². The van der Waals surface area contributed by atoms with Crippen molar-refractivity contribution in [3.05, 3.63) is 34.9 Å². The van der Waals surface area contributed by atoms with Crippen LogP contribution in [0, 0.1) is 0 Å². The zero-order valence-corrected chi connectivity index (χ0v) is 10.0. The van der Waals surface area contributed by atoms with E-state index in [1.807, 2.05) is 22.7 Å². The molecule has 0 aliphatic rings. The molecule has 2 rings (SSSR count). The van der Waals surface area contributed by atoms with Gasteiger partial charge in [0.05, 0.1) is 5.52 Å². The Hall–Kier alpha value is -1.35. The number of aldehydes is 1. The molecule has 0 amide bonds. The highest BCUT2D eigenvalue weighted by Crippen LogP contribution is 2.23. The Labute approximate surface area is 99.1 Å². The van der Waals surface area contributed by atoms with Crippen LogP contribution in [0.2, 0.25) is 5.15 Å². The molecule has 0 aliphatic heterocycles. The van der Waals surface area contributed by atoms with Crippen LogP contribution < -0.4 is 0 Å². The van der Waals surface area contributed by atoms with Gasteiger partial charge in [0.1, 0.15) is 12.1 Å². The lowest BCUT2D eigenvalue weighted by Crippen LogP contribution is -1.97. The third-order valence-electron chi connectivity index (χ3n) is 2.53. The molecule has 0 aliphatic carbocycles. The van der Waals surface area contributed by atoms with Gasteiger partial charge in [-0.05, 0) is 17.7 Å². The van der Waals surface area contributed by atoms with Crippen LogP contribution >= 0.6 is 11.6 Å². The summed E-state index contributed by atoms with van der Waals surface area (Å²) < 4.78 is 1.97. The Bertz CT molecular complexity index is 531. The summed E-state index contributed by atoms with van der Waals surface area (Å²) in [6, 6.07) is 3.83. The minimum atomic E-state index is 0.317. The van der Waals surface area contributed by atoms with Gasteiger partial charge in [-0.15, -0.1) is 0 Å². The summed E-state index contributed by atoms with van der Waals surface area (Å²) in [5.74, 6) is 1.26. The summed E-state index contributed by atoms with van der Waals surface area (Å²) in [5, 5.41) is 0.497. The minimum absolute atomic E-state index is 0.317. The first-order chi connectivity index (χ1) is 7.63. The minimum Gasteiger partial charge on any atom is -0.303 e. The number of halogens is 1. The van der Waals surface area contributed by atoms with Crippen molar-refractivity contribution in [2.24, 2.45) is 0 Å². The van der Waals surface area contributed by atoms with Gasteiger partial charge < -0.3 is 9.20 Å². The summed E-state index contributed by atoms with van der Waals surface area (Å²) in [6.45, 7) is 4.15. The summed E-state index contributed by atoms with van der Waals surface area (Å²) >= 11 is 6.07. The number of carbonyl (C=O) groups excluding carboxylic acids is 1. The molecule has 0 aromatic carbocycles. The number of pyridine rings is 1. The second kappa shape index (κ2) is 4.26. The van der Waals surface area contributed by atoms with Crippen LogP contribution in [0.5, 0.6) is 0 Å². The number of aromatic nitrogens is 2. The van der Waals surface area contributed by atoms with E-state index >= 15 is 0 Å². The molecule has 0 spiro atoms. The number of hydrogen-bond acceptors (Lipinski definition) is 2. The van der Waals surface area contributed by atoms with Crippen LogP contribution in [0.3, 0.4) is 0 Å². The molecule has 2 heterocycles. The highest BCUT2D eigenvalue weighted by atomic mass is 35.5. The maximum absolute atomic E-state index is 10.5. The lowest BCUT2D eigenvalue weighted by Gasteiger charge is -2.04. The van der Waals surface area contributed by atoms with Gasteiger partial charge in [-0.3, -0.25) is 0 Å². The predicted octanol–water partition coefficient (Wildman–Crippen LogP) is 2.85. The third-order valence-corrected chi connectivity index (χ3v) is 2.80. The van der Waals surface area contributed by atoms with E-state index in [1.54, 1.807) is 0 Å². The molecule has 0 saturated carbocycles. The summed E-state index contributed by atoms with van der Waals surface area (Å²) in [6.07, 6.45) is 3.22. The highest BCUT2D eigenvalue weighted by Gasteiger charge is 2.12. The molecule has 4 heteroatoms. The van der Waals surface area contributed by atoms with Gasteiger partial charge in [-0.1, -0.05) is 25.4 Å². The van der Waals surface area contributed by atoms with Crippen molar-refractivity contribution < 1.29 is 4.79 Å². The maximum atomic E-state index is 10.5. The van der Waals surface area contributed by atoms with E-state index in [0.717, 1.165) is 23.2 Å². The number of rotatable bonds is 3. The SMILES string of the molecule is CC(C)c1nc(Cl)c2cc(CC=O)ccn12. The average molecular weight is 237 g/mol. The topological polar surface area (TPSA) is 34.4 Å². The number of imidazole rings is 1. The number of fused-ring (bicyclic) bond motifs is 1. The second-order valence-electron chi connectivity index (χ2n) is 4.08. The molecule has 0 fully saturated rings. The predicted molar refractivity (Wildman–Crippen MR) is 64.1 cm³/mol. The molecule has 84 valence electrons. The first kappa shape index (κ1) is 11.1. The van der Waals surface area contributed by atoms with E-state index in [0.29, 0.717) is 17.5 Å². The zero-order valence-electron chi connectivity index (χ0n) is 9.27. The standard InChI is InChI=1S/C12H13ClN2O/c1-8(2)12-14-11(13)10-7-9(4-6-16)3-5-15(10)12/h3,5-8H,4H2,1-2H3. The molecular formula is C12H13ClN2O. The summed E-state index contributed by atoms with van der Waals surface area (Å²) in [4.78, 5) is 14.8. The van der Waals surface area contributed by atoms with E-state index in [4.69, 9.17) is 11.6 Å². The number of hydrogen-bond donors (Lipinski definition) is 0. The Morgan fingerprint density at radius 1 is 1.56 bits per heavy atom.